The van der Waals surface area contributed by atoms with E-state index >= 15 is 0 Å². The van der Waals surface area contributed by atoms with Crippen molar-refractivity contribution < 1.29 is 14.3 Å². The van der Waals surface area contributed by atoms with Crippen molar-refractivity contribution in [2.24, 2.45) is 0 Å². The van der Waals surface area contributed by atoms with E-state index in [0.29, 0.717) is 16.7 Å². The van der Waals surface area contributed by atoms with Crippen molar-refractivity contribution >= 4 is 28.7 Å². The number of hydrogen-bond acceptors (Lipinski definition) is 4. The molecule has 0 unspecified atom stereocenters. The van der Waals surface area contributed by atoms with Crippen molar-refractivity contribution in [1.29, 1.82) is 0 Å². The van der Waals surface area contributed by atoms with Crippen LogP contribution in [0.1, 0.15) is 21.8 Å². The predicted octanol–water partition coefficient (Wildman–Crippen LogP) is 4.13. The molecule has 0 radical (unpaired) electrons. The Morgan fingerprint density at radius 2 is 2.19 bits per heavy atom. The first kappa shape index (κ1) is 13.7. The molecule has 4 nitrogen and oxygen atoms in total. The number of aryl methyl sites for hydroxylation is 1. The number of carboxylic acids is 1. The lowest BCUT2D eigenvalue weighted by molar-refractivity contribution is 0.0697. The monoisotopic (exact) mass is 299 g/mol. The van der Waals surface area contributed by atoms with E-state index < -0.39 is 5.97 Å². The number of benzene rings is 1. The van der Waals surface area contributed by atoms with Gasteiger partial charge in [-0.1, -0.05) is 6.07 Å². The zero-order valence-corrected chi connectivity index (χ0v) is 12.2. The molecule has 1 aromatic carbocycles. The van der Waals surface area contributed by atoms with Gasteiger partial charge in [-0.3, -0.25) is 4.98 Å². The Bertz CT molecular complexity index is 796. The second kappa shape index (κ2) is 5.61. The van der Waals surface area contributed by atoms with Gasteiger partial charge in [-0.05, 0) is 37.3 Å². The molecule has 0 spiro atoms. The maximum atomic E-state index is 11.3. The van der Waals surface area contributed by atoms with Gasteiger partial charge in [0.25, 0.3) is 0 Å². The second-order valence-corrected chi connectivity index (χ2v) is 5.65. The molecule has 0 amide bonds. The lowest BCUT2D eigenvalue weighted by Crippen LogP contribution is -1.96. The van der Waals surface area contributed by atoms with Crippen LogP contribution in [-0.4, -0.2) is 16.1 Å². The number of hydrogen-bond donors (Lipinski definition) is 1. The first-order valence-electron chi connectivity index (χ1n) is 6.44. The normalized spacial score (nSPS) is 10.9. The first-order chi connectivity index (χ1) is 10.1. The number of carboxylic acid groups (broad SMARTS) is 1. The van der Waals surface area contributed by atoms with E-state index in [9.17, 15) is 9.90 Å². The minimum absolute atomic E-state index is 0.241. The van der Waals surface area contributed by atoms with Gasteiger partial charge in [-0.2, -0.15) is 0 Å². The van der Waals surface area contributed by atoms with Crippen molar-refractivity contribution in [1.82, 2.24) is 4.98 Å². The molecule has 106 valence electrons. The fourth-order valence-electron chi connectivity index (χ4n) is 2.20. The van der Waals surface area contributed by atoms with E-state index in [1.165, 1.54) is 0 Å². The Balaban J connectivity index is 1.90. The van der Waals surface area contributed by atoms with Gasteiger partial charge in [0.15, 0.2) is 0 Å². The highest BCUT2D eigenvalue weighted by atomic mass is 32.2. The number of furan rings is 1. The molecule has 21 heavy (non-hydrogen) atoms. The molecule has 2 heterocycles. The summed E-state index contributed by atoms with van der Waals surface area (Å²) in [6, 6.07) is 11.4. The van der Waals surface area contributed by atoms with Crippen LogP contribution in [0.25, 0.3) is 11.0 Å². The van der Waals surface area contributed by atoms with Crippen LogP contribution in [0.2, 0.25) is 0 Å². The molecular weight excluding hydrogens is 286 g/mol. The fourth-order valence-corrected chi connectivity index (χ4v) is 3.05. The number of aromatic nitrogens is 1. The van der Waals surface area contributed by atoms with Crippen LogP contribution in [0.4, 0.5) is 0 Å². The number of fused-ring (bicyclic) bond motifs is 1. The molecule has 0 saturated carbocycles. The Morgan fingerprint density at radius 1 is 1.33 bits per heavy atom. The Hall–Kier alpha value is -2.27. The van der Waals surface area contributed by atoms with Gasteiger partial charge in [0.05, 0.1) is 5.69 Å². The summed E-state index contributed by atoms with van der Waals surface area (Å²) >= 11 is 1.62. The largest absolute Gasteiger partial charge is 0.478 e. The SMILES string of the molecule is Cc1oc2ccc(SCc3ccccn3)cc2c1C(=O)O. The molecule has 0 fully saturated rings. The van der Waals surface area contributed by atoms with E-state index in [1.54, 1.807) is 24.9 Å². The van der Waals surface area contributed by atoms with Crippen molar-refractivity contribution in [2.75, 3.05) is 0 Å². The van der Waals surface area contributed by atoms with Gasteiger partial charge in [0, 0.05) is 22.2 Å². The van der Waals surface area contributed by atoms with E-state index in [4.69, 9.17) is 4.42 Å². The maximum absolute atomic E-state index is 11.3. The van der Waals surface area contributed by atoms with Crippen molar-refractivity contribution in [2.45, 2.75) is 17.6 Å². The molecule has 0 atom stereocenters. The highest BCUT2D eigenvalue weighted by Gasteiger charge is 2.17. The molecule has 3 rings (SSSR count). The second-order valence-electron chi connectivity index (χ2n) is 4.61. The summed E-state index contributed by atoms with van der Waals surface area (Å²) in [6.07, 6.45) is 1.76. The van der Waals surface area contributed by atoms with Gasteiger partial charge >= 0.3 is 5.97 Å². The third-order valence-electron chi connectivity index (χ3n) is 3.16. The molecule has 5 heteroatoms. The Labute approximate surface area is 125 Å². The minimum Gasteiger partial charge on any atom is -0.478 e. The van der Waals surface area contributed by atoms with Crippen LogP contribution in [0.15, 0.2) is 51.9 Å². The van der Waals surface area contributed by atoms with Crippen LogP contribution in [0, 0.1) is 6.92 Å². The van der Waals surface area contributed by atoms with E-state index in [2.05, 4.69) is 4.98 Å². The summed E-state index contributed by atoms with van der Waals surface area (Å²) in [5.41, 5.74) is 1.84. The maximum Gasteiger partial charge on any atom is 0.339 e. The number of thioether (sulfide) groups is 1. The standard InChI is InChI=1S/C16H13NO3S/c1-10-15(16(18)19)13-8-12(5-6-14(13)20-10)21-9-11-4-2-3-7-17-11/h2-8H,9H2,1H3,(H,18,19). The van der Waals surface area contributed by atoms with Crippen molar-refractivity contribution in [3.8, 4) is 0 Å². The molecule has 0 aliphatic carbocycles. The molecule has 3 aromatic rings. The van der Waals surface area contributed by atoms with E-state index in [0.717, 1.165) is 16.3 Å². The van der Waals surface area contributed by atoms with Crippen LogP contribution in [0.5, 0.6) is 0 Å². The van der Waals surface area contributed by atoms with E-state index in [1.807, 2.05) is 36.4 Å². The number of pyridine rings is 1. The molecule has 0 bridgehead atoms. The summed E-state index contributed by atoms with van der Waals surface area (Å²) < 4.78 is 5.48. The molecule has 0 saturated heterocycles. The zero-order valence-electron chi connectivity index (χ0n) is 11.4. The summed E-state index contributed by atoms with van der Waals surface area (Å²) in [5.74, 6) is 0.216. The van der Waals surface area contributed by atoms with Gasteiger partial charge in [-0.15, -0.1) is 11.8 Å². The summed E-state index contributed by atoms with van der Waals surface area (Å²) in [7, 11) is 0. The van der Waals surface area contributed by atoms with Crippen LogP contribution in [-0.2, 0) is 5.75 Å². The van der Waals surface area contributed by atoms with E-state index in [-0.39, 0.29) is 5.56 Å². The number of carbonyl (C=O) groups is 1. The lowest BCUT2D eigenvalue weighted by atomic mass is 10.1. The molecule has 2 aromatic heterocycles. The third-order valence-corrected chi connectivity index (χ3v) is 4.19. The topological polar surface area (TPSA) is 63.3 Å². The number of rotatable bonds is 4. The Kier molecular flexibility index (Phi) is 3.66. The van der Waals surface area contributed by atoms with Crippen LogP contribution in [0.3, 0.4) is 0 Å². The van der Waals surface area contributed by atoms with Crippen LogP contribution < -0.4 is 0 Å². The van der Waals surface area contributed by atoms with Crippen LogP contribution >= 0.6 is 11.8 Å². The van der Waals surface area contributed by atoms with Crippen molar-refractivity contribution in [3.63, 3.8) is 0 Å². The quantitative estimate of drug-likeness (QED) is 0.734. The fraction of sp³-hybridized carbons (Fsp3) is 0.125. The first-order valence-corrected chi connectivity index (χ1v) is 7.43. The van der Waals surface area contributed by atoms with Gasteiger partial charge in [0.1, 0.15) is 16.9 Å². The molecule has 0 aliphatic heterocycles. The molecule has 1 N–H and O–H groups in total. The Morgan fingerprint density at radius 3 is 2.90 bits per heavy atom. The zero-order chi connectivity index (χ0) is 14.8. The summed E-state index contributed by atoms with van der Waals surface area (Å²) in [4.78, 5) is 16.6. The minimum atomic E-state index is -0.960. The average molecular weight is 299 g/mol. The number of aromatic carboxylic acids is 1. The summed E-state index contributed by atoms with van der Waals surface area (Å²) in [5, 5.41) is 9.92. The van der Waals surface area contributed by atoms with Gasteiger partial charge in [0.2, 0.25) is 0 Å². The average Bonchev–Trinajstić information content (AvgIpc) is 2.81. The number of nitrogens with zero attached hydrogens (tertiary/aromatic N) is 1. The predicted molar refractivity (Wildman–Crippen MR) is 81.7 cm³/mol. The lowest BCUT2D eigenvalue weighted by Gasteiger charge is -2.01. The van der Waals surface area contributed by atoms with Crippen molar-refractivity contribution in [3.05, 3.63) is 59.6 Å². The smallest absolute Gasteiger partial charge is 0.339 e. The molecular formula is C16H13NO3S. The van der Waals surface area contributed by atoms with Gasteiger partial charge in [-0.25, -0.2) is 4.79 Å². The highest BCUT2D eigenvalue weighted by Crippen LogP contribution is 2.31. The summed E-state index contributed by atoms with van der Waals surface area (Å²) in [6.45, 7) is 1.67. The third kappa shape index (κ3) is 2.78. The molecule has 0 aliphatic rings. The van der Waals surface area contributed by atoms with Gasteiger partial charge < -0.3 is 9.52 Å². The highest BCUT2D eigenvalue weighted by molar-refractivity contribution is 7.98.